The molecule has 0 aliphatic carbocycles. The van der Waals surface area contributed by atoms with E-state index in [9.17, 15) is 19.2 Å². The number of pyridine rings is 1. The summed E-state index contributed by atoms with van der Waals surface area (Å²) >= 11 is 0. The molecule has 11 heteroatoms. The van der Waals surface area contributed by atoms with Crippen molar-refractivity contribution in [3.05, 3.63) is 102 Å². The van der Waals surface area contributed by atoms with E-state index in [0.29, 0.717) is 11.1 Å². The lowest BCUT2D eigenvalue weighted by atomic mass is 9.94. The first-order valence-corrected chi connectivity index (χ1v) is 14.5. The Morgan fingerprint density at radius 3 is 2.00 bits per heavy atom. The van der Waals surface area contributed by atoms with Crippen LogP contribution in [0.15, 0.2) is 85.2 Å². The second-order valence-corrected chi connectivity index (χ2v) is 10.9. The van der Waals surface area contributed by atoms with Crippen LogP contribution >= 0.6 is 0 Å². The van der Waals surface area contributed by atoms with Gasteiger partial charge in [-0.15, -0.1) is 0 Å². The van der Waals surface area contributed by atoms with Crippen molar-refractivity contribution in [3.63, 3.8) is 0 Å². The molecule has 0 aliphatic heterocycles. The molecule has 3 N–H and O–H groups in total. The second kappa shape index (κ2) is 16.3. The summed E-state index contributed by atoms with van der Waals surface area (Å²) in [5.74, 6) is -6.97. The molecule has 0 fully saturated rings. The molecule has 3 aromatic rings. The Kier molecular flexibility index (Phi) is 12.5. The van der Waals surface area contributed by atoms with Crippen molar-refractivity contribution in [3.8, 4) is 0 Å². The normalized spacial score (nSPS) is 12.6. The average Bonchev–Trinajstić information content (AvgIpc) is 3.02. The second-order valence-electron chi connectivity index (χ2n) is 10.9. The molecule has 0 unspecified atom stereocenters. The van der Waals surface area contributed by atoms with Gasteiger partial charge in [0.1, 0.15) is 12.6 Å². The van der Waals surface area contributed by atoms with Crippen LogP contribution in [0.5, 0.6) is 0 Å². The van der Waals surface area contributed by atoms with E-state index in [0.717, 1.165) is 5.56 Å². The topological polar surface area (TPSA) is 121 Å². The van der Waals surface area contributed by atoms with E-state index in [4.69, 9.17) is 0 Å². The number of rotatable bonds is 15. The van der Waals surface area contributed by atoms with Crippen LogP contribution in [0, 0.1) is 5.92 Å². The van der Waals surface area contributed by atoms with E-state index in [-0.39, 0.29) is 25.9 Å². The quantitative estimate of drug-likeness (QED) is 0.242. The fourth-order valence-electron chi connectivity index (χ4n) is 4.64. The number of nitrogens with one attached hydrogen (secondary N) is 3. The smallest absolute Gasteiger partial charge is 0.317 e. The van der Waals surface area contributed by atoms with Gasteiger partial charge >= 0.3 is 12.0 Å². The Morgan fingerprint density at radius 2 is 1.43 bits per heavy atom. The van der Waals surface area contributed by atoms with Crippen molar-refractivity contribution in [1.29, 1.82) is 0 Å². The number of benzene rings is 2. The number of Topliss-reactive ketones (excluding diaryl/α,β-unsaturated/α-hetero) is 1. The van der Waals surface area contributed by atoms with Crippen molar-refractivity contribution in [1.82, 2.24) is 25.8 Å². The zero-order valence-corrected chi connectivity index (χ0v) is 25.1. The molecule has 9 nitrogen and oxygen atoms in total. The maximum Gasteiger partial charge on any atom is 0.317 e. The van der Waals surface area contributed by atoms with E-state index in [1.807, 2.05) is 0 Å². The van der Waals surface area contributed by atoms with E-state index < -0.39 is 54.0 Å². The summed E-state index contributed by atoms with van der Waals surface area (Å²) in [7, 11) is 1.43. The van der Waals surface area contributed by atoms with Gasteiger partial charge in [0.25, 0.3) is 0 Å². The van der Waals surface area contributed by atoms with Gasteiger partial charge in [-0.05, 0) is 47.6 Å². The minimum atomic E-state index is -3.71. The van der Waals surface area contributed by atoms with Crippen LogP contribution in [0.3, 0.4) is 0 Å². The van der Waals surface area contributed by atoms with Crippen LogP contribution in [-0.4, -0.2) is 65.1 Å². The van der Waals surface area contributed by atoms with Crippen LogP contribution in [0.25, 0.3) is 0 Å². The first-order chi connectivity index (χ1) is 21.0. The largest absolute Gasteiger partial charge is 0.344 e. The number of halogens is 2. The van der Waals surface area contributed by atoms with Crippen LogP contribution in [0.1, 0.15) is 37.0 Å². The molecule has 4 amide bonds. The number of carbonyl (C=O) groups is 4. The number of aromatic nitrogens is 1. The number of amides is 4. The van der Waals surface area contributed by atoms with Crippen molar-refractivity contribution in [2.75, 3.05) is 13.6 Å². The highest BCUT2D eigenvalue weighted by Gasteiger charge is 2.43. The number of aryl methyl sites for hydroxylation is 1. The molecule has 3 rings (SSSR count). The lowest BCUT2D eigenvalue weighted by Gasteiger charge is -2.28. The number of urea groups is 1. The molecule has 0 radical (unpaired) electrons. The highest BCUT2D eigenvalue weighted by atomic mass is 19.3. The monoisotopic (exact) mass is 607 g/mol. The van der Waals surface area contributed by atoms with Crippen molar-refractivity contribution in [2.24, 2.45) is 5.92 Å². The number of hydrogen-bond acceptors (Lipinski definition) is 5. The summed E-state index contributed by atoms with van der Waals surface area (Å²) < 4.78 is 30.6. The number of hydrogen-bond donors (Lipinski definition) is 3. The van der Waals surface area contributed by atoms with Crippen LogP contribution < -0.4 is 16.0 Å². The molecule has 1 heterocycles. The highest BCUT2D eigenvalue weighted by Crippen LogP contribution is 2.25. The van der Waals surface area contributed by atoms with E-state index in [1.54, 1.807) is 99.0 Å². The maximum absolute atomic E-state index is 15.3. The van der Waals surface area contributed by atoms with Gasteiger partial charge in [-0.2, -0.15) is 8.78 Å². The molecule has 234 valence electrons. The van der Waals surface area contributed by atoms with Gasteiger partial charge in [0.15, 0.2) is 0 Å². The molecule has 2 atom stereocenters. The Bertz CT molecular complexity index is 1370. The minimum Gasteiger partial charge on any atom is -0.344 e. The van der Waals surface area contributed by atoms with Gasteiger partial charge in [-0.25, -0.2) is 4.79 Å². The van der Waals surface area contributed by atoms with Crippen LogP contribution in [0.4, 0.5) is 13.6 Å². The van der Waals surface area contributed by atoms with Gasteiger partial charge in [-0.1, -0.05) is 74.5 Å². The summed E-state index contributed by atoms with van der Waals surface area (Å²) in [5.41, 5.74) is 2.00. The third kappa shape index (κ3) is 10.3. The molecule has 2 aromatic carbocycles. The first-order valence-electron chi connectivity index (χ1n) is 14.5. The summed E-state index contributed by atoms with van der Waals surface area (Å²) in [6.07, 6.45) is 2.25. The Balaban J connectivity index is 1.75. The van der Waals surface area contributed by atoms with Gasteiger partial charge in [0, 0.05) is 32.4 Å². The molecule has 0 bridgehead atoms. The zero-order valence-electron chi connectivity index (χ0n) is 25.1. The third-order valence-electron chi connectivity index (χ3n) is 7.07. The molecular weight excluding hydrogens is 568 g/mol. The van der Waals surface area contributed by atoms with Crippen molar-refractivity contribution >= 4 is 23.6 Å². The zero-order chi connectivity index (χ0) is 32.1. The Labute approximate surface area is 256 Å². The van der Waals surface area contributed by atoms with Gasteiger partial charge in [-0.3, -0.25) is 19.4 Å². The van der Waals surface area contributed by atoms with E-state index >= 15 is 8.78 Å². The SMILES string of the molecule is CNC(=O)N(CC(=O)N[C@H](C(=O)N[C@@H](Cc1ccccc1)C(=O)C(F)(F)CCc1ccccc1)C(C)C)Cc1ccncc1. The fourth-order valence-corrected chi connectivity index (χ4v) is 4.64. The number of nitrogens with zero attached hydrogens (tertiary/aromatic N) is 2. The van der Waals surface area contributed by atoms with E-state index in [2.05, 4.69) is 20.9 Å². The average molecular weight is 608 g/mol. The molecule has 0 aliphatic rings. The predicted octanol–water partition coefficient (Wildman–Crippen LogP) is 3.93. The van der Waals surface area contributed by atoms with Crippen molar-refractivity contribution in [2.45, 2.75) is 57.7 Å². The molecule has 44 heavy (non-hydrogen) atoms. The summed E-state index contributed by atoms with van der Waals surface area (Å²) in [5, 5.41) is 7.61. The van der Waals surface area contributed by atoms with Gasteiger partial charge in [0.2, 0.25) is 17.6 Å². The van der Waals surface area contributed by atoms with Gasteiger partial charge < -0.3 is 20.9 Å². The van der Waals surface area contributed by atoms with Crippen LogP contribution in [0.2, 0.25) is 0 Å². The summed E-state index contributed by atoms with van der Waals surface area (Å²) in [6, 6.07) is 17.4. The molecular formula is C33H39F2N5O4. The number of alkyl halides is 2. The first kappa shape index (κ1) is 33.8. The molecule has 0 saturated carbocycles. The fraction of sp³-hybridized carbons (Fsp3) is 0.364. The predicted molar refractivity (Wildman–Crippen MR) is 163 cm³/mol. The standard InChI is InChI=1S/C33H39F2N5O4/c1-23(2)29(39-28(41)22-40(32(44)36-3)21-26-15-18-37-19-16-26)31(43)38-27(20-25-12-8-5-9-13-25)30(42)33(34,35)17-14-24-10-6-4-7-11-24/h4-13,15-16,18-19,23,27,29H,14,17,20-22H2,1-3H3,(H,36,44)(H,38,43)(H,39,41)/t27-,29-/m0/s1. The minimum absolute atomic E-state index is 0.0163. The Hall–Kier alpha value is -4.67. The third-order valence-corrected chi connectivity index (χ3v) is 7.07. The summed E-state index contributed by atoms with van der Waals surface area (Å²) in [4.78, 5) is 57.5. The molecule has 0 saturated heterocycles. The number of ketones is 1. The lowest BCUT2D eigenvalue weighted by molar-refractivity contribution is -0.148. The van der Waals surface area contributed by atoms with Gasteiger partial charge in [0.05, 0.1) is 6.04 Å². The maximum atomic E-state index is 15.3. The van der Waals surface area contributed by atoms with Crippen LogP contribution in [-0.2, 0) is 33.8 Å². The molecule has 1 aromatic heterocycles. The number of carbonyl (C=O) groups excluding carboxylic acids is 4. The summed E-state index contributed by atoms with van der Waals surface area (Å²) in [6.45, 7) is 3.10. The Morgan fingerprint density at radius 1 is 0.841 bits per heavy atom. The van der Waals surface area contributed by atoms with Crippen molar-refractivity contribution < 1.29 is 28.0 Å². The van der Waals surface area contributed by atoms with E-state index in [1.165, 1.54) is 11.9 Å². The molecule has 0 spiro atoms. The highest BCUT2D eigenvalue weighted by molar-refractivity contribution is 5.96. The lowest BCUT2D eigenvalue weighted by Crippen LogP contribution is -2.57.